The maximum atomic E-state index is 12.0. The highest BCUT2D eigenvalue weighted by Crippen LogP contribution is 2.18. The number of carbonyl (C=O) groups excluding carboxylic acids is 1. The summed E-state index contributed by atoms with van der Waals surface area (Å²) in [5.74, 6) is -1.55. The summed E-state index contributed by atoms with van der Waals surface area (Å²) in [7, 11) is 0. The molecule has 2 aromatic heterocycles. The SMILES string of the molecule is Cc1cc(NC(=O)c2cncc(Br)c2)c(C(=O)O)[nH]1. The van der Waals surface area contributed by atoms with E-state index in [1.807, 2.05) is 0 Å². The van der Waals surface area contributed by atoms with Crippen LogP contribution in [0.3, 0.4) is 0 Å². The van der Waals surface area contributed by atoms with Crippen molar-refractivity contribution in [2.75, 3.05) is 5.32 Å². The number of amides is 1. The molecule has 0 atom stereocenters. The van der Waals surface area contributed by atoms with Crippen molar-refractivity contribution in [2.45, 2.75) is 6.92 Å². The second kappa shape index (κ2) is 5.23. The lowest BCUT2D eigenvalue weighted by Crippen LogP contribution is -2.14. The number of anilines is 1. The molecule has 0 radical (unpaired) electrons. The van der Waals surface area contributed by atoms with Gasteiger partial charge < -0.3 is 15.4 Å². The summed E-state index contributed by atoms with van der Waals surface area (Å²) in [4.78, 5) is 29.5. The Morgan fingerprint density at radius 3 is 2.74 bits per heavy atom. The van der Waals surface area contributed by atoms with Crippen molar-refractivity contribution in [3.63, 3.8) is 0 Å². The number of halogens is 1. The lowest BCUT2D eigenvalue weighted by molar-refractivity contribution is 0.0692. The van der Waals surface area contributed by atoms with Crippen molar-refractivity contribution in [3.05, 3.63) is 46.0 Å². The lowest BCUT2D eigenvalue weighted by atomic mass is 10.2. The van der Waals surface area contributed by atoms with E-state index >= 15 is 0 Å². The van der Waals surface area contributed by atoms with E-state index in [2.05, 4.69) is 31.2 Å². The quantitative estimate of drug-likeness (QED) is 0.808. The van der Waals surface area contributed by atoms with Gasteiger partial charge in [0, 0.05) is 22.6 Å². The number of carboxylic acids is 1. The third-order valence-electron chi connectivity index (χ3n) is 2.38. The molecule has 0 saturated carbocycles. The van der Waals surface area contributed by atoms with Crippen LogP contribution in [0.15, 0.2) is 29.0 Å². The maximum absolute atomic E-state index is 12.0. The third kappa shape index (κ3) is 3.00. The molecule has 2 heterocycles. The molecule has 19 heavy (non-hydrogen) atoms. The van der Waals surface area contributed by atoms with Crippen molar-refractivity contribution in [2.24, 2.45) is 0 Å². The van der Waals surface area contributed by atoms with E-state index in [-0.39, 0.29) is 11.4 Å². The summed E-state index contributed by atoms with van der Waals surface area (Å²) in [6.07, 6.45) is 2.96. The van der Waals surface area contributed by atoms with Crippen LogP contribution in [0.25, 0.3) is 0 Å². The molecule has 3 N–H and O–H groups in total. The molecule has 2 rings (SSSR count). The largest absolute Gasteiger partial charge is 0.477 e. The van der Waals surface area contributed by atoms with Gasteiger partial charge in [0.05, 0.1) is 11.3 Å². The Bertz CT molecular complexity index is 651. The van der Waals surface area contributed by atoms with Gasteiger partial charge >= 0.3 is 5.97 Å². The number of nitrogens with one attached hydrogen (secondary N) is 2. The second-order valence-corrected chi connectivity index (χ2v) is 4.81. The molecule has 6 nitrogen and oxygen atoms in total. The molecule has 7 heteroatoms. The van der Waals surface area contributed by atoms with Gasteiger partial charge in [-0.05, 0) is 35.0 Å². The van der Waals surface area contributed by atoms with Crippen LogP contribution in [0.2, 0.25) is 0 Å². The summed E-state index contributed by atoms with van der Waals surface area (Å²) >= 11 is 3.21. The molecule has 2 aromatic rings. The van der Waals surface area contributed by atoms with Crippen LogP contribution in [0.4, 0.5) is 5.69 Å². The first-order valence-electron chi connectivity index (χ1n) is 5.32. The Morgan fingerprint density at radius 1 is 1.37 bits per heavy atom. The van der Waals surface area contributed by atoms with E-state index in [0.717, 1.165) is 0 Å². The average Bonchev–Trinajstić information content (AvgIpc) is 2.70. The highest BCUT2D eigenvalue weighted by molar-refractivity contribution is 9.10. The van der Waals surface area contributed by atoms with Gasteiger partial charge in [-0.15, -0.1) is 0 Å². The van der Waals surface area contributed by atoms with E-state index in [1.54, 1.807) is 25.3 Å². The summed E-state index contributed by atoms with van der Waals surface area (Å²) in [5, 5.41) is 11.5. The molecule has 1 amide bonds. The first-order chi connectivity index (χ1) is 8.97. The minimum Gasteiger partial charge on any atom is -0.477 e. The minimum atomic E-state index is -1.13. The van der Waals surface area contributed by atoms with Gasteiger partial charge in [-0.3, -0.25) is 9.78 Å². The average molecular weight is 324 g/mol. The van der Waals surface area contributed by atoms with Crippen LogP contribution in [0.1, 0.15) is 26.5 Å². The highest BCUT2D eigenvalue weighted by atomic mass is 79.9. The van der Waals surface area contributed by atoms with Crippen LogP contribution >= 0.6 is 15.9 Å². The Morgan fingerprint density at radius 2 is 2.11 bits per heavy atom. The van der Waals surface area contributed by atoms with Gasteiger partial charge in [0.1, 0.15) is 5.69 Å². The fraction of sp³-hybridized carbons (Fsp3) is 0.0833. The Kier molecular flexibility index (Phi) is 3.66. The van der Waals surface area contributed by atoms with E-state index in [4.69, 9.17) is 5.11 Å². The molecular weight excluding hydrogens is 314 g/mol. The second-order valence-electron chi connectivity index (χ2n) is 3.89. The molecule has 0 bridgehead atoms. The van der Waals surface area contributed by atoms with Gasteiger partial charge in [-0.25, -0.2) is 4.79 Å². The van der Waals surface area contributed by atoms with Crippen LogP contribution in [0, 0.1) is 6.92 Å². The van der Waals surface area contributed by atoms with Crippen LogP contribution in [0.5, 0.6) is 0 Å². The highest BCUT2D eigenvalue weighted by Gasteiger charge is 2.16. The summed E-state index contributed by atoms with van der Waals surface area (Å²) < 4.78 is 0.670. The number of hydrogen-bond acceptors (Lipinski definition) is 3. The number of H-pyrrole nitrogens is 1. The summed E-state index contributed by atoms with van der Waals surface area (Å²) in [5.41, 5.74) is 1.17. The summed E-state index contributed by atoms with van der Waals surface area (Å²) in [6.45, 7) is 1.71. The fourth-order valence-electron chi connectivity index (χ4n) is 1.59. The third-order valence-corrected chi connectivity index (χ3v) is 2.82. The van der Waals surface area contributed by atoms with Gasteiger partial charge in [0.2, 0.25) is 0 Å². The Labute approximate surface area is 117 Å². The topological polar surface area (TPSA) is 95.1 Å². The number of aromatic amines is 1. The Balaban J connectivity index is 2.26. The monoisotopic (exact) mass is 323 g/mol. The first kappa shape index (κ1) is 13.3. The zero-order valence-electron chi connectivity index (χ0n) is 9.90. The first-order valence-corrected chi connectivity index (χ1v) is 6.11. The van der Waals surface area contributed by atoms with Crippen LogP contribution in [-0.4, -0.2) is 27.0 Å². The number of aromatic carboxylic acids is 1. The molecule has 0 aliphatic rings. The molecule has 98 valence electrons. The molecule has 0 saturated heterocycles. The molecule has 0 spiro atoms. The number of aryl methyl sites for hydroxylation is 1. The zero-order chi connectivity index (χ0) is 14.0. The summed E-state index contributed by atoms with van der Waals surface area (Å²) in [6, 6.07) is 3.16. The normalized spacial score (nSPS) is 10.2. The van der Waals surface area contributed by atoms with Crippen molar-refractivity contribution in [1.29, 1.82) is 0 Å². The van der Waals surface area contributed by atoms with E-state index in [9.17, 15) is 9.59 Å². The van der Waals surface area contributed by atoms with Crippen molar-refractivity contribution in [1.82, 2.24) is 9.97 Å². The number of hydrogen-bond donors (Lipinski definition) is 3. The predicted molar refractivity (Wildman–Crippen MR) is 72.4 cm³/mol. The van der Waals surface area contributed by atoms with Crippen molar-refractivity contribution >= 4 is 33.5 Å². The molecular formula is C12H10BrN3O3. The molecule has 0 aliphatic heterocycles. The van der Waals surface area contributed by atoms with Gasteiger partial charge in [-0.1, -0.05) is 0 Å². The van der Waals surface area contributed by atoms with Crippen LogP contribution < -0.4 is 5.32 Å². The molecule has 0 unspecified atom stereocenters. The van der Waals surface area contributed by atoms with Gasteiger partial charge in [-0.2, -0.15) is 0 Å². The lowest BCUT2D eigenvalue weighted by Gasteiger charge is -2.04. The Hall–Kier alpha value is -2.15. The number of aromatic nitrogens is 2. The molecule has 0 fully saturated rings. The number of nitrogens with zero attached hydrogens (tertiary/aromatic N) is 1. The molecule has 0 aromatic carbocycles. The number of carbonyl (C=O) groups is 2. The van der Waals surface area contributed by atoms with E-state index in [0.29, 0.717) is 15.7 Å². The van der Waals surface area contributed by atoms with Gasteiger partial charge in [0.25, 0.3) is 5.91 Å². The van der Waals surface area contributed by atoms with Crippen molar-refractivity contribution < 1.29 is 14.7 Å². The van der Waals surface area contributed by atoms with E-state index < -0.39 is 11.9 Å². The predicted octanol–water partition coefficient (Wildman–Crippen LogP) is 2.43. The van der Waals surface area contributed by atoms with Crippen molar-refractivity contribution in [3.8, 4) is 0 Å². The number of carboxylic acid groups (broad SMARTS) is 1. The number of pyridine rings is 1. The minimum absolute atomic E-state index is 0.0474. The maximum Gasteiger partial charge on any atom is 0.354 e. The van der Waals surface area contributed by atoms with Crippen LogP contribution in [-0.2, 0) is 0 Å². The standard InChI is InChI=1S/C12H10BrN3O3/c1-6-2-9(10(15-6)12(18)19)16-11(17)7-3-8(13)5-14-4-7/h2-5,15H,1H3,(H,16,17)(H,18,19). The van der Waals surface area contributed by atoms with Gasteiger partial charge in [0.15, 0.2) is 0 Å². The smallest absolute Gasteiger partial charge is 0.354 e. The van der Waals surface area contributed by atoms with E-state index in [1.165, 1.54) is 6.20 Å². The number of rotatable bonds is 3. The fourth-order valence-corrected chi connectivity index (χ4v) is 1.95. The zero-order valence-corrected chi connectivity index (χ0v) is 11.5. The molecule has 0 aliphatic carbocycles.